The van der Waals surface area contributed by atoms with Gasteiger partial charge in [0, 0.05) is 17.0 Å². The molecule has 0 spiro atoms. The van der Waals surface area contributed by atoms with Crippen LogP contribution >= 0.6 is 0 Å². The molecule has 0 bridgehead atoms. The van der Waals surface area contributed by atoms with Crippen LogP contribution in [0.1, 0.15) is 19.4 Å². The lowest BCUT2D eigenvalue weighted by Crippen LogP contribution is -2.17. The molecule has 0 saturated heterocycles. The second-order valence-electron chi connectivity index (χ2n) is 4.91. The smallest absolute Gasteiger partial charge is 0.293 e. The van der Waals surface area contributed by atoms with Gasteiger partial charge in [0.15, 0.2) is 0 Å². The maximum atomic E-state index is 11.8. The van der Waals surface area contributed by atoms with Gasteiger partial charge in [-0.05, 0) is 23.1 Å². The summed E-state index contributed by atoms with van der Waals surface area (Å²) in [5, 5.41) is 4.89. The molecule has 0 radical (unpaired) electrons. The first-order valence-corrected chi connectivity index (χ1v) is 6.49. The van der Waals surface area contributed by atoms with Gasteiger partial charge in [-0.3, -0.25) is 9.59 Å². The Hall–Kier alpha value is -2.36. The fourth-order valence-corrected chi connectivity index (χ4v) is 1.94. The van der Waals surface area contributed by atoms with Gasteiger partial charge < -0.3 is 10.1 Å². The Morgan fingerprint density at radius 3 is 2.80 bits per heavy atom. The van der Waals surface area contributed by atoms with Crippen molar-refractivity contribution in [3.05, 3.63) is 42.0 Å². The van der Waals surface area contributed by atoms with Gasteiger partial charge in [-0.2, -0.15) is 0 Å². The lowest BCUT2D eigenvalue weighted by molar-refractivity contribution is -0.129. The van der Waals surface area contributed by atoms with Crippen LogP contribution in [0.4, 0.5) is 5.69 Å². The summed E-state index contributed by atoms with van der Waals surface area (Å²) in [6, 6.07) is 11.5. The molecular formula is C16H17NO3. The van der Waals surface area contributed by atoms with Crippen LogP contribution in [0.2, 0.25) is 0 Å². The van der Waals surface area contributed by atoms with Crippen molar-refractivity contribution in [2.24, 2.45) is 5.92 Å². The van der Waals surface area contributed by atoms with E-state index in [4.69, 9.17) is 4.74 Å². The van der Waals surface area contributed by atoms with Crippen molar-refractivity contribution >= 4 is 28.8 Å². The zero-order valence-electron chi connectivity index (χ0n) is 11.6. The van der Waals surface area contributed by atoms with Crippen molar-refractivity contribution in [3.8, 4) is 0 Å². The van der Waals surface area contributed by atoms with Gasteiger partial charge in [0.05, 0.1) is 0 Å². The zero-order valence-corrected chi connectivity index (χ0v) is 11.6. The molecule has 1 N–H and O–H groups in total. The molecular weight excluding hydrogens is 254 g/mol. The zero-order chi connectivity index (χ0) is 14.5. The molecule has 0 aromatic heterocycles. The largest absolute Gasteiger partial charge is 0.463 e. The Kier molecular flexibility index (Phi) is 4.35. The monoisotopic (exact) mass is 271 g/mol. The minimum atomic E-state index is -0.0643. The lowest BCUT2D eigenvalue weighted by Gasteiger charge is -2.11. The number of rotatable bonds is 5. The molecule has 20 heavy (non-hydrogen) atoms. The highest BCUT2D eigenvalue weighted by atomic mass is 16.5. The van der Waals surface area contributed by atoms with Gasteiger partial charge in [0.2, 0.25) is 5.91 Å². The number of anilines is 1. The highest BCUT2D eigenvalue weighted by Crippen LogP contribution is 2.25. The third kappa shape index (κ3) is 3.15. The predicted molar refractivity (Wildman–Crippen MR) is 78.3 cm³/mol. The van der Waals surface area contributed by atoms with Gasteiger partial charge in [-0.15, -0.1) is 0 Å². The number of amides is 1. The summed E-state index contributed by atoms with van der Waals surface area (Å²) in [5.41, 5.74) is 1.71. The number of nitrogens with one attached hydrogen (secondary N) is 1. The van der Waals surface area contributed by atoms with Gasteiger partial charge in [-0.1, -0.05) is 38.1 Å². The Bertz CT molecular complexity index is 635. The molecule has 0 saturated carbocycles. The third-order valence-electron chi connectivity index (χ3n) is 3.05. The van der Waals surface area contributed by atoms with Crippen molar-refractivity contribution in [1.29, 1.82) is 0 Å². The van der Waals surface area contributed by atoms with Crippen molar-refractivity contribution < 1.29 is 14.3 Å². The first-order chi connectivity index (χ1) is 9.61. The Balaban J connectivity index is 2.33. The topological polar surface area (TPSA) is 55.4 Å². The van der Waals surface area contributed by atoms with E-state index >= 15 is 0 Å². The summed E-state index contributed by atoms with van der Waals surface area (Å²) < 4.78 is 4.74. The molecule has 0 fully saturated rings. The van der Waals surface area contributed by atoms with E-state index in [1.54, 1.807) is 0 Å². The van der Waals surface area contributed by atoms with Crippen LogP contribution in [0.15, 0.2) is 36.4 Å². The maximum absolute atomic E-state index is 11.8. The molecule has 2 aromatic rings. The van der Waals surface area contributed by atoms with Crippen molar-refractivity contribution in [2.75, 3.05) is 5.32 Å². The summed E-state index contributed by atoms with van der Waals surface area (Å²) in [6.45, 7) is 4.40. The summed E-state index contributed by atoms with van der Waals surface area (Å²) >= 11 is 0. The molecule has 4 nitrogen and oxygen atoms in total. The summed E-state index contributed by atoms with van der Waals surface area (Å²) in [4.78, 5) is 22.0. The van der Waals surface area contributed by atoms with E-state index in [1.165, 1.54) is 0 Å². The van der Waals surface area contributed by atoms with Gasteiger partial charge >= 0.3 is 0 Å². The van der Waals surface area contributed by atoms with Gasteiger partial charge in [0.25, 0.3) is 6.47 Å². The summed E-state index contributed by atoms with van der Waals surface area (Å²) in [6.07, 6.45) is 0. The van der Waals surface area contributed by atoms with Gasteiger partial charge in [-0.25, -0.2) is 0 Å². The Morgan fingerprint density at radius 1 is 1.30 bits per heavy atom. The molecule has 0 heterocycles. The van der Waals surface area contributed by atoms with Crippen LogP contribution in [0.5, 0.6) is 0 Å². The maximum Gasteiger partial charge on any atom is 0.293 e. The van der Waals surface area contributed by atoms with E-state index in [2.05, 4.69) is 5.32 Å². The average molecular weight is 271 g/mol. The second-order valence-corrected chi connectivity index (χ2v) is 4.91. The number of carbonyl (C=O) groups excluding carboxylic acids is 2. The van der Waals surface area contributed by atoms with E-state index < -0.39 is 0 Å². The van der Waals surface area contributed by atoms with E-state index in [1.807, 2.05) is 50.2 Å². The molecule has 1 amide bonds. The van der Waals surface area contributed by atoms with Crippen molar-refractivity contribution in [1.82, 2.24) is 0 Å². The molecule has 0 aliphatic carbocycles. The summed E-state index contributed by atoms with van der Waals surface area (Å²) in [7, 11) is 0. The molecule has 0 atom stereocenters. The first kappa shape index (κ1) is 14.1. The minimum Gasteiger partial charge on any atom is -0.463 e. The molecule has 0 unspecified atom stereocenters. The lowest BCUT2D eigenvalue weighted by atomic mass is 10.1. The minimum absolute atomic E-state index is 0.00846. The highest BCUT2D eigenvalue weighted by Gasteiger charge is 2.09. The molecule has 0 aliphatic rings. The first-order valence-electron chi connectivity index (χ1n) is 6.49. The molecule has 2 rings (SSSR count). The van der Waals surface area contributed by atoms with E-state index in [9.17, 15) is 9.59 Å². The molecule has 104 valence electrons. The van der Waals surface area contributed by atoms with Crippen LogP contribution < -0.4 is 5.32 Å². The quantitative estimate of drug-likeness (QED) is 0.850. The van der Waals surface area contributed by atoms with Crippen molar-refractivity contribution in [2.45, 2.75) is 20.5 Å². The fraction of sp³-hybridized carbons (Fsp3) is 0.250. The Labute approximate surface area is 117 Å². The van der Waals surface area contributed by atoms with Crippen LogP contribution in [0.3, 0.4) is 0 Å². The highest BCUT2D eigenvalue weighted by molar-refractivity contribution is 6.02. The standard InChI is InChI=1S/C16H17NO3/c1-11(2)16(19)17-15-5-3-4-13-8-12(9-20-10-18)6-7-14(13)15/h3-8,10-11H,9H2,1-2H3,(H,17,19). The SMILES string of the molecule is CC(C)C(=O)Nc1cccc2cc(COC=O)ccc12. The van der Waals surface area contributed by atoms with E-state index in [0.717, 1.165) is 22.0 Å². The number of fused-ring (bicyclic) bond motifs is 1. The van der Waals surface area contributed by atoms with Crippen molar-refractivity contribution in [3.63, 3.8) is 0 Å². The van der Waals surface area contributed by atoms with E-state index in [-0.39, 0.29) is 18.4 Å². The summed E-state index contributed by atoms with van der Waals surface area (Å²) in [5.74, 6) is -0.0728. The van der Waals surface area contributed by atoms with Crippen LogP contribution in [0, 0.1) is 5.92 Å². The number of hydrogen-bond donors (Lipinski definition) is 1. The number of ether oxygens (including phenoxy) is 1. The van der Waals surface area contributed by atoms with Gasteiger partial charge in [0.1, 0.15) is 6.61 Å². The number of benzene rings is 2. The predicted octanol–water partition coefficient (Wildman–Crippen LogP) is 3.11. The Morgan fingerprint density at radius 2 is 2.10 bits per heavy atom. The molecule has 0 aliphatic heterocycles. The third-order valence-corrected chi connectivity index (χ3v) is 3.05. The van der Waals surface area contributed by atoms with E-state index in [0.29, 0.717) is 6.47 Å². The normalized spacial score (nSPS) is 10.6. The van der Waals surface area contributed by atoms with Crippen LogP contribution in [-0.4, -0.2) is 12.4 Å². The average Bonchev–Trinajstić information content (AvgIpc) is 2.45. The fourth-order valence-electron chi connectivity index (χ4n) is 1.94. The van der Waals surface area contributed by atoms with Crippen LogP contribution in [0.25, 0.3) is 10.8 Å². The molecule has 4 heteroatoms. The van der Waals surface area contributed by atoms with Crippen LogP contribution in [-0.2, 0) is 20.9 Å². The molecule has 2 aromatic carbocycles. The second kappa shape index (κ2) is 6.19. The number of carbonyl (C=O) groups is 2. The number of hydrogen-bond acceptors (Lipinski definition) is 3.